The molecular weight excluding hydrogens is 344 g/mol. The van der Waals surface area contributed by atoms with E-state index >= 15 is 0 Å². The number of primary amides is 1. The minimum atomic E-state index is -3.90. The van der Waals surface area contributed by atoms with Crippen LogP contribution >= 0.6 is 0 Å². The zero-order valence-electron chi connectivity index (χ0n) is 13.8. The Labute approximate surface area is 145 Å². The van der Waals surface area contributed by atoms with Crippen molar-refractivity contribution in [1.82, 2.24) is 0 Å². The van der Waals surface area contributed by atoms with Crippen molar-refractivity contribution in [1.29, 1.82) is 0 Å². The minimum Gasteiger partial charge on any atom is -0.452 e. The second-order valence-corrected chi connectivity index (χ2v) is 7.11. The summed E-state index contributed by atoms with van der Waals surface area (Å²) in [5, 5.41) is 0. The summed E-state index contributed by atoms with van der Waals surface area (Å²) in [4.78, 5) is 22.9. The van der Waals surface area contributed by atoms with E-state index in [0.717, 1.165) is 5.56 Å². The van der Waals surface area contributed by atoms with Crippen LogP contribution in [0.3, 0.4) is 0 Å². The number of para-hydroxylation sites is 1. The molecule has 0 aliphatic carbocycles. The first-order valence-electron chi connectivity index (χ1n) is 7.35. The summed E-state index contributed by atoms with van der Waals surface area (Å²) >= 11 is 0. The lowest BCUT2D eigenvalue weighted by Crippen LogP contribution is -2.22. The third kappa shape index (κ3) is 4.57. The monoisotopic (exact) mass is 362 g/mol. The highest BCUT2D eigenvalue weighted by molar-refractivity contribution is 7.92. The molecular formula is C17H18N2O5S. The fourth-order valence-corrected chi connectivity index (χ4v) is 3.57. The number of sulfonamides is 1. The van der Waals surface area contributed by atoms with Crippen LogP contribution in [0.1, 0.15) is 21.5 Å². The van der Waals surface area contributed by atoms with Crippen molar-refractivity contribution in [2.75, 3.05) is 11.3 Å². The van der Waals surface area contributed by atoms with Gasteiger partial charge < -0.3 is 10.5 Å². The maximum absolute atomic E-state index is 12.7. The lowest BCUT2D eigenvalue weighted by molar-refractivity contribution is -0.121. The van der Waals surface area contributed by atoms with E-state index in [9.17, 15) is 18.0 Å². The van der Waals surface area contributed by atoms with E-state index < -0.39 is 28.5 Å². The van der Waals surface area contributed by atoms with Gasteiger partial charge in [0.2, 0.25) is 0 Å². The predicted molar refractivity (Wildman–Crippen MR) is 92.6 cm³/mol. The average Bonchev–Trinajstić information content (AvgIpc) is 2.55. The van der Waals surface area contributed by atoms with Crippen LogP contribution < -0.4 is 10.5 Å². The number of aryl methyl sites for hydroxylation is 2. The molecule has 8 heteroatoms. The van der Waals surface area contributed by atoms with E-state index in [1.807, 2.05) is 6.07 Å². The van der Waals surface area contributed by atoms with E-state index in [1.54, 1.807) is 38.1 Å². The van der Waals surface area contributed by atoms with E-state index in [4.69, 9.17) is 10.5 Å². The molecule has 0 unspecified atom stereocenters. The number of carbonyl (C=O) groups excluding carboxylic acids is 2. The zero-order valence-corrected chi connectivity index (χ0v) is 14.6. The van der Waals surface area contributed by atoms with Gasteiger partial charge in [-0.3, -0.25) is 9.52 Å². The third-order valence-corrected chi connectivity index (χ3v) is 4.88. The Kier molecular flexibility index (Phi) is 5.43. The summed E-state index contributed by atoms with van der Waals surface area (Å²) in [5.41, 5.74) is 6.34. The Hall–Kier alpha value is -2.87. The first kappa shape index (κ1) is 18.5. The maximum Gasteiger partial charge on any atom is 0.340 e. The van der Waals surface area contributed by atoms with Crippen molar-refractivity contribution in [3.8, 4) is 0 Å². The fraction of sp³-hybridized carbons (Fsp3) is 0.176. The molecule has 2 rings (SSSR count). The Morgan fingerprint density at radius 3 is 2.48 bits per heavy atom. The molecule has 0 aliphatic heterocycles. The van der Waals surface area contributed by atoms with Gasteiger partial charge in [0.05, 0.1) is 16.1 Å². The molecule has 7 nitrogen and oxygen atoms in total. The Bertz CT molecular complexity index is 922. The third-order valence-electron chi connectivity index (χ3n) is 3.37. The number of ether oxygens (including phenoxy) is 1. The van der Waals surface area contributed by atoms with Crippen LogP contribution in [0.15, 0.2) is 47.4 Å². The number of nitrogens with one attached hydrogen (secondary N) is 1. The molecule has 1 amide bonds. The predicted octanol–water partition coefficient (Wildman–Crippen LogP) is 1.75. The van der Waals surface area contributed by atoms with Crippen molar-refractivity contribution in [3.63, 3.8) is 0 Å². The lowest BCUT2D eigenvalue weighted by atomic mass is 10.2. The summed E-state index contributed by atoms with van der Waals surface area (Å²) < 4.78 is 32.5. The number of hydrogen-bond donors (Lipinski definition) is 2. The highest BCUT2D eigenvalue weighted by Crippen LogP contribution is 2.23. The van der Waals surface area contributed by atoms with Crippen LogP contribution in [0, 0.1) is 13.8 Å². The molecule has 0 aromatic heterocycles. The van der Waals surface area contributed by atoms with Crippen LogP contribution in [-0.2, 0) is 19.6 Å². The smallest absolute Gasteiger partial charge is 0.340 e. The zero-order chi connectivity index (χ0) is 18.6. The van der Waals surface area contributed by atoms with Crippen LogP contribution in [0.2, 0.25) is 0 Å². The first-order chi connectivity index (χ1) is 11.7. The number of amides is 1. The number of hydrogen-bond acceptors (Lipinski definition) is 5. The van der Waals surface area contributed by atoms with Gasteiger partial charge in [0.25, 0.3) is 15.9 Å². The minimum absolute atomic E-state index is 0.0161. The average molecular weight is 362 g/mol. The van der Waals surface area contributed by atoms with Crippen LogP contribution in [0.4, 0.5) is 5.69 Å². The Morgan fingerprint density at radius 1 is 1.12 bits per heavy atom. The number of nitrogens with two attached hydrogens (primary N) is 1. The first-order valence-corrected chi connectivity index (χ1v) is 8.83. The van der Waals surface area contributed by atoms with Crippen molar-refractivity contribution >= 4 is 27.6 Å². The second-order valence-electron chi connectivity index (χ2n) is 5.46. The highest BCUT2D eigenvalue weighted by Gasteiger charge is 2.21. The second kappa shape index (κ2) is 7.35. The summed E-state index contributed by atoms with van der Waals surface area (Å²) in [5.74, 6) is -1.65. The summed E-state index contributed by atoms with van der Waals surface area (Å²) in [6.45, 7) is 2.88. The molecule has 25 heavy (non-hydrogen) atoms. The molecule has 0 atom stereocenters. The Morgan fingerprint density at radius 2 is 1.80 bits per heavy atom. The molecule has 2 aromatic carbocycles. The van der Waals surface area contributed by atoms with Gasteiger partial charge in [0, 0.05) is 0 Å². The summed E-state index contributed by atoms with van der Waals surface area (Å²) in [6.07, 6.45) is 0. The van der Waals surface area contributed by atoms with Crippen molar-refractivity contribution < 1.29 is 22.7 Å². The maximum atomic E-state index is 12.7. The largest absolute Gasteiger partial charge is 0.452 e. The van der Waals surface area contributed by atoms with E-state index in [2.05, 4.69) is 4.72 Å². The number of benzene rings is 2. The molecule has 0 fully saturated rings. The van der Waals surface area contributed by atoms with Crippen molar-refractivity contribution in [2.45, 2.75) is 18.7 Å². The van der Waals surface area contributed by atoms with Gasteiger partial charge in [0.15, 0.2) is 6.61 Å². The van der Waals surface area contributed by atoms with Gasteiger partial charge >= 0.3 is 5.97 Å². The topological polar surface area (TPSA) is 116 Å². The van der Waals surface area contributed by atoms with E-state index in [1.165, 1.54) is 12.1 Å². The van der Waals surface area contributed by atoms with Gasteiger partial charge in [-0.15, -0.1) is 0 Å². The normalized spacial score (nSPS) is 11.0. The molecule has 0 heterocycles. The van der Waals surface area contributed by atoms with Crippen LogP contribution in [0.5, 0.6) is 0 Å². The van der Waals surface area contributed by atoms with Gasteiger partial charge in [0.1, 0.15) is 0 Å². The number of anilines is 1. The molecule has 2 aromatic rings. The van der Waals surface area contributed by atoms with E-state index in [-0.39, 0.29) is 16.1 Å². The van der Waals surface area contributed by atoms with Crippen LogP contribution in [0.25, 0.3) is 0 Å². The molecule has 0 radical (unpaired) electrons. The number of esters is 1. The SMILES string of the molecule is Cc1ccc(C)c(S(=O)(=O)Nc2ccccc2C(=O)OCC(N)=O)c1. The summed E-state index contributed by atoms with van der Waals surface area (Å²) in [6, 6.07) is 11.0. The number of rotatable bonds is 6. The van der Waals surface area contributed by atoms with E-state index in [0.29, 0.717) is 5.56 Å². The van der Waals surface area contributed by atoms with Gasteiger partial charge in [-0.2, -0.15) is 0 Å². The standard InChI is InChI=1S/C17H18N2O5S/c1-11-7-8-12(2)15(9-11)25(22,23)19-14-6-4-3-5-13(14)17(21)24-10-16(18)20/h3-9,19H,10H2,1-2H3,(H2,18,20). The van der Waals surface area contributed by atoms with Gasteiger partial charge in [-0.1, -0.05) is 24.3 Å². The quantitative estimate of drug-likeness (QED) is 0.760. The van der Waals surface area contributed by atoms with Crippen molar-refractivity contribution in [3.05, 3.63) is 59.2 Å². The number of carbonyl (C=O) groups is 2. The summed E-state index contributed by atoms with van der Waals surface area (Å²) in [7, 11) is -3.90. The van der Waals surface area contributed by atoms with Crippen molar-refractivity contribution in [2.24, 2.45) is 5.73 Å². The molecule has 0 spiro atoms. The molecule has 0 bridgehead atoms. The fourth-order valence-electron chi connectivity index (χ4n) is 2.16. The highest BCUT2D eigenvalue weighted by atomic mass is 32.2. The Balaban J connectivity index is 2.35. The molecule has 0 aliphatic rings. The van der Waals surface area contributed by atoms with Gasteiger partial charge in [-0.25, -0.2) is 13.2 Å². The van der Waals surface area contributed by atoms with Crippen LogP contribution in [-0.4, -0.2) is 26.9 Å². The molecule has 0 saturated carbocycles. The van der Waals surface area contributed by atoms with Gasteiger partial charge in [-0.05, 0) is 43.2 Å². The molecule has 3 N–H and O–H groups in total. The molecule has 132 valence electrons. The lowest BCUT2D eigenvalue weighted by Gasteiger charge is -2.13. The molecule has 0 saturated heterocycles.